The molecule has 1 atom stereocenters. The summed E-state index contributed by atoms with van der Waals surface area (Å²) in [5.41, 5.74) is 0. The highest BCUT2D eigenvalue weighted by atomic mass is 16.5. The predicted octanol–water partition coefficient (Wildman–Crippen LogP) is 0.0891. The molecule has 0 rings (SSSR count). The van der Waals surface area contributed by atoms with Gasteiger partial charge in [0.2, 0.25) is 5.91 Å². The van der Waals surface area contributed by atoms with Crippen LogP contribution in [0.15, 0.2) is 0 Å². The number of hydrogen-bond donors (Lipinski definition) is 1. The van der Waals surface area contributed by atoms with E-state index in [-0.39, 0.29) is 18.6 Å². The Morgan fingerprint density at radius 3 is 2.29 bits per heavy atom. The molecule has 1 unspecified atom stereocenters. The fraction of sp³-hybridized carbons (Fsp3) is 0.778. The average Bonchev–Trinajstić information content (AvgIpc) is 2.11. The Labute approximate surface area is 83.8 Å². The third-order valence-electron chi connectivity index (χ3n) is 1.50. The van der Waals surface area contributed by atoms with E-state index in [0.717, 1.165) is 0 Å². The van der Waals surface area contributed by atoms with Crippen LogP contribution in [-0.4, -0.2) is 37.7 Å². The maximum absolute atomic E-state index is 11.1. The van der Waals surface area contributed by atoms with Crippen LogP contribution in [0.4, 0.5) is 0 Å². The van der Waals surface area contributed by atoms with Gasteiger partial charge >= 0.3 is 5.97 Å². The Bertz CT molecular complexity index is 203. The van der Waals surface area contributed by atoms with E-state index in [1.807, 2.05) is 0 Å². The maximum atomic E-state index is 11.1. The van der Waals surface area contributed by atoms with E-state index in [4.69, 9.17) is 9.47 Å². The van der Waals surface area contributed by atoms with Crippen LogP contribution < -0.4 is 5.32 Å². The summed E-state index contributed by atoms with van der Waals surface area (Å²) in [6.45, 7) is 4.98. The van der Waals surface area contributed by atoms with Crippen molar-refractivity contribution in [1.29, 1.82) is 0 Å². The molecule has 0 aliphatic carbocycles. The quantitative estimate of drug-likeness (QED) is 0.643. The zero-order valence-corrected chi connectivity index (χ0v) is 8.99. The summed E-state index contributed by atoms with van der Waals surface area (Å²) in [5.74, 6) is -0.773. The SMILES string of the molecule is COC(C)C(=O)NCC(=O)OC(C)C. The molecule has 0 saturated carbocycles. The van der Waals surface area contributed by atoms with Crippen molar-refractivity contribution in [2.75, 3.05) is 13.7 Å². The summed E-state index contributed by atoms with van der Waals surface area (Å²) in [6, 6.07) is 0. The lowest BCUT2D eigenvalue weighted by atomic mass is 10.4. The summed E-state index contributed by atoms with van der Waals surface area (Å²) < 4.78 is 9.58. The van der Waals surface area contributed by atoms with Gasteiger partial charge in [-0.05, 0) is 20.8 Å². The predicted molar refractivity (Wildman–Crippen MR) is 50.7 cm³/mol. The molecule has 0 aromatic rings. The number of nitrogens with one attached hydrogen (secondary N) is 1. The van der Waals surface area contributed by atoms with Gasteiger partial charge in [-0.15, -0.1) is 0 Å². The summed E-state index contributed by atoms with van der Waals surface area (Å²) >= 11 is 0. The van der Waals surface area contributed by atoms with Gasteiger partial charge in [0.05, 0.1) is 6.10 Å². The van der Waals surface area contributed by atoms with E-state index in [1.165, 1.54) is 7.11 Å². The molecule has 0 heterocycles. The smallest absolute Gasteiger partial charge is 0.325 e. The van der Waals surface area contributed by atoms with E-state index in [1.54, 1.807) is 20.8 Å². The van der Waals surface area contributed by atoms with Gasteiger partial charge in [-0.2, -0.15) is 0 Å². The molecule has 0 spiro atoms. The van der Waals surface area contributed by atoms with Crippen molar-refractivity contribution >= 4 is 11.9 Å². The van der Waals surface area contributed by atoms with Crippen molar-refractivity contribution in [3.63, 3.8) is 0 Å². The van der Waals surface area contributed by atoms with Gasteiger partial charge in [-0.3, -0.25) is 9.59 Å². The Morgan fingerprint density at radius 2 is 1.86 bits per heavy atom. The zero-order chi connectivity index (χ0) is 11.1. The van der Waals surface area contributed by atoms with Gasteiger partial charge in [0.1, 0.15) is 12.6 Å². The van der Waals surface area contributed by atoms with Crippen molar-refractivity contribution in [1.82, 2.24) is 5.32 Å². The standard InChI is InChI=1S/C9H17NO4/c1-6(2)14-8(11)5-10-9(12)7(3)13-4/h6-7H,5H2,1-4H3,(H,10,12). The first-order chi connectivity index (χ1) is 6.47. The van der Waals surface area contributed by atoms with Gasteiger partial charge < -0.3 is 14.8 Å². The molecular formula is C9H17NO4. The minimum absolute atomic E-state index is 0.120. The first kappa shape index (κ1) is 12.9. The molecule has 0 aromatic heterocycles. The molecule has 5 heteroatoms. The van der Waals surface area contributed by atoms with E-state index in [2.05, 4.69) is 5.32 Å². The van der Waals surface area contributed by atoms with Crippen molar-refractivity contribution in [2.24, 2.45) is 0 Å². The average molecular weight is 203 g/mol. The number of rotatable bonds is 5. The molecule has 0 fully saturated rings. The van der Waals surface area contributed by atoms with Crippen LogP contribution in [0.3, 0.4) is 0 Å². The van der Waals surface area contributed by atoms with Crippen LogP contribution in [-0.2, 0) is 19.1 Å². The molecule has 0 saturated heterocycles. The molecule has 5 nitrogen and oxygen atoms in total. The second-order valence-corrected chi connectivity index (χ2v) is 3.13. The van der Waals surface area contributed by atoms with Crippen LogP contribution in [0.25, 0.3) is 0 Å². The monoisotopic (exact) mass is 203 g/mol. The minimum atomic E-state index is -0.554. The lowest BCUT2D eigenvalue weighted by molar-refractivity contribution is -0.148. The molecule has 0 aromatic carbocycles. The molecule has 0 bridgehead atoms. The van der Waals surface area contributed by atoms with Gasteiger partial charge in [-0.1, -0.05) is 0 Å². The number of methoxy groups -OCH3 is 1. The molecule has 14 heavy (non-hydrogen) atoms. The molecule has 0 aliphatic rings. The molecule has 0 radical (unpaired) electrons. The van der Waals surface area contributed by atoms with Gasteiger partial charge in [-0.25, -0.2) is 0 Å². The lowest BCUT2D eigenvalue weighted by Crippen LogP contribution is -2.38. The maximum Gasteiger partial charge on any atom is 0.325 e. The normalized spacial score (nSPS) is 12.4. The van der Waals surface area contributed by atoms with E-state index in [0.29, 0.717) is 0 Å². The largest absolute Gasteiger partial charge is 0.462 e. The van der Waals surface area contributed by atoms with Crippen LogP contribution in [0.1, 0.15) is 20.8 Å². The fourth-order valence-corrected chi connectivity index (χ4v) is 0.715. The Morgan fingerprint density at radius 1 is 1.29 bits per heavy atom. The second-order valence-electron chi connectivity index (χ2n) is 3.13. The van der Waals surface area contributed by atoms with Crippen molar-refractivity contribution in [3.05, 3.63) is 0 Å². The van der Waals surface area contributed by atoms with Crippen molar-refractivity contribution < 1.29 is 19.1 Å². The van der Waals surface area contributed by atoms with E-state index < -0.39 is 12.1 Å². The Hall–Kier alpha value is -1.10. The fourth-order valence-electron chi connectivity index (χ4n) is 0.715. The van der Waals surface area contributed by atoms with Crippen LogP contribution >= 0.6 is 0 Å². The molecule has 0 aliphatic heterocycles. The van der Waals surface area contributed by atoms with Crippen LogP contribution in [0, 0.1) is 0 Å². The number of esters is 1. The highest BCUT2D eigenvalue weighted by Gasteiger charge is 2.13. The van der Waals surface area contributed by atoms with Gasteiger partial charge in [0.25, 0.3) is 0 Å². The van der Waals surface area contributed by atoms with Gasteiger partial charge in [0.15, 0.2) is 0 Å². The Kier molecular flexibility index (Phi) is 5.87. The lowest BCUT2D eigenvalue weighted by Gasteiger charge is -2.11. The molecule has 1 amide bonds. The van der Waals surface area contributed by atoms with E-state index >= 15 is 0 Å². The molecule has 1 N–H and O–H groups in total. The minimum Gasteiger partial charge on any atom is -0.462 e. The number of amides is 1. The summed E-state index contributed by atoms with van der Waals surface area (Å²) in [5, 5.41) is 2.40. The Balaban J connectivity index is 3.72. The third kappa shape index (κ3) is 5.53. The van der Waals surface area contributed by atoms with Crippen molar-refractivity contribution in [2.45, 2.75) is 33.0 Å². The number of carbonyl (C=O) groups is 2. The molecule has 82 valence electrons. The first-order valence-corrected chi connectivity index (χ1v) is 4.47. The van der Waals surface area contributed by atoms with Gasteiger partial charge in [0, 0.05) is 7.11 Å². The second kappa shape index (κ2) is 6.37. The number of hydrogen-bond acceptors (Lipinski definition) is 4. The molecular weight excluding hydrogens is 186 g/mol. The van der Waals surface area contributed by atoms with E-state index in [9.17, 15) is 9.59 Å². The highest BCUT2D eigenvalue weighted by Crippen LogP contribution is 1.89. The first-order valence-electron chi connectivity index (χ1n) is 4.47. The summed E-state index contributed by atoms with van der Waals surface area (Å²) in [7, 11) is 1.43. The third-order valence-corrected chi connectivity index (χ3v) is 1.50. The zero-order valence-electron chi connectivity index (χ0n) is 8.99. The number of ether oxygens (including phenoxy) is 2. The highest BCUT2D eigenvalue weighted by molar-refractivity contribution is 5.84. The topological polar surface area (TPSA) is 64.6 Å². The number of carbonyl (C=O) groups excluding carboxylic acids is 2. The van der Waals surface area contributed by atoms with Crippen molar-refractivity contribution in [3.8, 4) is 0 Å². The van der Waals surface area contributed by atoms with Crippen LogP contribution in [0.5, 0.6) is 0 Å². The summed E-state index contributed by atoms with van der Waals surface area (Å²) in [4.78, 5) is 22.1. The summed E-state index contributed by atoms with van der Waals surface area (Å²) in [6.07, 6.45) is -0.721. The van der Waals surface area contributed by atoms with Crippen LogP contribution in [0.2, 0.25) is 0 Å².